The number of nitrogens with zero attached hydrogens (tertiary/aromatic N) is 1. The molecular weight excluding hydrogens is 460 g/mol. The second-order valence-electron chi connectivity index (χ2n) is 8.22. The summed E-state index contributed by atoms with van der Waals surface area (Å²) in [6, 6.07) is 16.1. The highest BCUT2D eigenvalue weighted by Gasteiger charge is 2.21. The molecule has 2 aromatic rings. The van der Waals surface area contributed by atoms with Gasteiger partial charge in [-0.05, 0) is 90.6 Å². The van der Waals surface area contributed by atoms with Crippen molar-refractivity contribution in [1.82, 2.24) is 4.90 Å². The van der Waals surface area contributed by atoms with E-state index >= 15 is 0 Å². The van der Waals surface area contributed by atoms with Crippen LogP contribution in [0.4, 0.5) is 5.69 Å². The fourth-order valence-electron chi connectivity index (χ4n) is 3.81. The second kappa shape index (κ2) is 11.2. The monoisotopic (exact) mass is 490 g/mol. The summed E-state index contributed by atoms with van der Waals surface area (Å²) in [6.07, 6.45) is 3.18. The van der Waals surface area contributed by atoms with Crippen molar-refractivity contribution in [3.05, 3.63) is 58.6 Å². The molecule has 1 atom stereocenters. The standard InChI is InChI=1S/C24H31BrN2O2S/c1-18(2)24(28)26-21-8-5-7-20(17-21)19-11-14-27(15-12-19)13-6-16-30(29)23-10-4-3-9-22(23)25/h3-5,7-10,17-19H,6,11-16H2,1-2H3,(H,26,28). The SMILES string of the molecule is CC(C)C(=O)Nc1cccc(C2CCN(CCCS(=O)c3ccccc3Br)CC2)c1. The normalized spacial score (nSPS) is 16.5. The smallest absolute Gasteiger partial charge is 0.226 e. The van der Waals surface area contributed by atoms with Gasteiger partial charge < -0.3 is 10.2 Å². The van der Waals surface area contributed by atoms with Crippen LogP contribution >= 0.6 is 15.9 Å². The first kappa shape index (κ1) is 23.2. The average molecular weight is 491 g/mol. The van der Waals surface area contributed by atoms with E-state index in [1.54, 1.807) is 0 Å². The zero-order valence-corrected chi connectivity index (χ0v) is 20.2. The van der Waals surface area contributed by atoms with Crippen molar-refractivity contribution in [2.75, 3.05) is 30.7 Å². The van der Waals surface area contributed by atoms with E-state index in [-0.39, 0.29) is 11.8 Å². The Morgan fingerprint density at radius 2 is 1.90 bits per heavy atom. The van der Waals surface area contributed by atoms with Gasteiger partial charge in [-0.1, -0.05) is 38.1 Å². The summed E-state index contributed by atoms with van der Waals surface area (Å²) < 4.78 is 13.5. The molecule has 0 saturated carbocycles. The minimum atomic E-state index is -0.955. The molecule has 4 nitrogen and oxygen atoms in total. The number of nitrogens with one attached hydrogen (secondary N) is 1. The van der Waals surface area contributed by atoms with Gasteiger partial charge in [0.25, 0.3) is 0 Å². The molecule has 1 unspecified atom stereocenters. The number of rotatable bonds is 8. The molecule has 1 fully saturated rings. The quantitative estimate of drug-likeness (QED) is 0.537. The van der Waals surface area contributed by atoms with Crippen LogP contribution < -0.4 is 5.32 Å². The maximum Gasteiger partial charge on any atom is 0.226 e. The molecule has 1 heterocycles. The summed E-state index contributed by atoms with van der Waals surface area (Å²) in [7, 11) is -0.955. The van der Waals surface area contributed by atoms with Crippen LogP contribution in [0.15, 0.2) is 57.9 Å². The lowest BCUT2D eigenvalue weighted by Gasteiger charge is -2.32. The summed E-state index contributed by atoms with van der Waals surface area (Å²) >= 11 is 3.49. The van der Waals surface area contributed by atoms with Crippen molar-refractivity contribution in [1.29, 1.82) is 0 Å². The topological polar surface area (TPSA) is 49.4 Å². The molecule has 0 aromatic heterocycles. The first-order valence-electron chi connectivity index (χ1n) is 10.7. The zero-order valence-electron chi connectivity index (χ0n) is 17.8. The Kier molecular flexibility index (Phi) is 8.66. The van der Waals surface area contributed by atoms with Crippen LogP contribution in [0.5, 0.6) is 0 Å². The number of carbonyl (C=O) groups is 1. The highest BCUT2D eigenvalue weighted by atomic mass is 79.9. The van der Waals surface area contributed by atoms with Crippen molar-refractivity contribution >= 4 is 38.3 Å². The fraction of sp³-hybridized carbons (Fsp3) is 0.458. The molecule has 0 radical (unpaired) electrons. The van der Waals surface area contributed by atoms with Crippen LogP contribution in [-0.2, 0) is 15.6 Å². The summed E-state index contributed by atoms with van der Waals surface area (Å²) in [5.41, 5.74) is 2.20. The first-order valence-corrected chi connectivity index (χ1v) is 12.8. The minimum absolute atomic E-state index is 0.0192. The molecule has 0 spiro atoms. The Morgan fingerprint density at radius 1 is 1.17 bits per heavy atom. The van der Waals surface area contributed by atoms with E-state index in [0.717, 1.165) is 54.0 Å². The van der Waals surface area contributed by atoms with E-state index < -0.39 is 10.8 Å². The van der Waals surface area contributed by atoms with Crippen LogP contribution in [0.1, 0.15) is 44.6 Å². The van der Waals surface area contributed by atoms with Crippen LogP contribution in [0.3, 0.4) is 0 Å². The van der Waals surface area contributed by atoms with Crippen molar-refractivity contribution in [3.63, 3.8) is 0 Å². The van der Waals surface area contributed by atoms with E-state index in [1.807, 2.05) is 50.2 Å². The molecule has 3 rings (SSSR count). The van der Waals surface area contributed by atoms with Gasteiger partial charge in [0.1, 0.15) is 0 Å². The van der Waals surface area contributed by atoms with E-state index in [2.05, 4.69) is 38.3 Å². The van der Waals surface area contributed by atoms with Crippen molar-refractivity contribution < 1.29 is 9.00 Å². The Morgan fingerprint density at radius 3 is 2.60 bits per heavy atom. The van der Waals surface area contributed by atoms with Crippen molar-refractivity contribution in [2.24, 2.45) is 5.92 Å². The van der Waals surface area contributed by atoms with Crippen LogP contribution in [0, 0.1) is 5.92 Å². The number of likely N-dealkylation sites (tertiary alicyclic amines) is 1. The Bertz CT molecular complexity index is 879. The fourth-order valence-corrected chi connectivity index (χ4v) is 5.76. The molecule has 162 valence electrons. The zero-order chi connectivity index (χ0) is 21.5. The summed E-state index contributed by atoms with van der Waals surface area (Å²) in [5, 5.41) is 3.00. The largest absolute Gasteiger partial charge is 0.326 e. The number of piperidine rings is 1. The molecular formula is C24H31BrN2O2S. The summed E-state index contributed by atoms with van der Waals surface area (Å²) in [4.78, 5) is 15.3. The number of carbonyl (C=O) groups excluding carboxylic acids is 1. The maximum atomic E-state index is 12.5. The van der Waals surface area contributed by atoms with Gasteiger partial charge in [-0.2, -0.15) is 0 Å². The van der Waals surface area contributed by atoms with E-state index in [4.69, 9.17) is 0 Å². The third-order valence-corrected chi connectivity index (χ3v) is 8.08. The van der Waals surface area contributed by atoms with Gasteiger partial charge in [-0.25, -0.2) is 0 Å². The number of amides is 1. The van der Waals surface area contributed by atoms with Crippen LogP contribution in [-0.4, -0.2) is 40.4 Å². The maximum absolute atomic E-state index is 12.5. The first-order chi connectivity index (χ1) is 14.4. The number of anilines is 1. The third-order valence-electron chi connectivity index (χ3n) is 5.62. The Labute approximate surface area is 191 Å². The summed E-state index contributed by atoms with van der Waals surface area (Å²) in [6.45, 7) is 6.93. The van der Waals surface area contributed by atoms with Gasteiger partial charge in [-0.15, -0.1) is 0 Å². The predicted molar refractivity (Wildman–Crippen MR) is 128 cm³/mol. The molecule has 30 heavy (non-hydrogen) atoms. The van der Waals surface area contributed by atoms with Gasteiger partial charge in [0, 0.05) is 21.8 Å². The van der Waals surface area contributed by atoms with E-state index in [1.165, 1.54) is 5.56 Å². The van der Waals surface area contributed by atoms with Gasteiger partial charge in [0.2, 0.25) is 5.91 Å². The number of benzene rings is 2. The number of hydrogen-bond donors (Lipinski definition) is 1. The highest BCUT2D eigenvalue weighted by Crippen LogP contribution is 2.30. The number of halogens is 1. The van der Waals surface area contributed by atoms with Crippen molar-refractivity contribution in [2.45, 2.75) is 43.9 Å². The molecule has 2 aromatic carbocycles. The van der Waals surface area contributed by atoms with Gasteiger partial charge in [-0.3, -0.25) is 9.00 Å². The molecule has 1 saturated heterocycles. The molecule has 1 aliphatic heterocycles. The van der Waals surface area contributed by atoms with Crippen LogP contribution in [0.2, 0.25) is 0 Å². The lowest BCUT2D eigenvalue weighted by Crippen LogP contribution is -2.34. The predicted octanol–water partition coefficient (Wildman–Crippen LogP) is 5.42. The average Bonchev–Trinajstić information content (AvgIpc) is 2.74. The summed E-state index contributed by atoms with van der Waals surface area (Å²) in [5.74, 6) is 1.27. The number of hydrogen-bond acceptors (Lipinski definition) is 3. The second-order valence-corrected chi connectivity index (χ2v) is 10.6. The molecule has 0 aliphatic carbocycles. The lowest BCUT2D eigenvalue weighted by molar-refractivity contribution is -0.118. The molecule has 1 N–H and O–H groups in total. The lowest BCUT2D eigenvalue weighted by atomic mass is 9.89. The van der Waals surface area contributed by atoms with Gasteiger partial charge >= 0.3 is 0 Å². The molecule has 1 aliphatic rings. The Hall–Kier alpha value is -1.50. The van der Waals surface area contributed by atoms with Crippen molar-refractivity contribution in [3.8, 4) is 0 Å². The molecule has 0 bridgehead atoms. The van der Waals surface area contributed by atoms with E-state index in [0.29, 0.717) is 11.7 Å². The third kappa shape index (κ3) is 6.50. The van der Waals surface area contributed by atoms with Gasteiger partial charge in [0.15, 0.2) is 0 Å². The van der Waals surface area contributed by atoms with E-state index in [9.17, 15) is 9.00 Å². The molecule has 1 amide bonds. The highest BCUT2D eigenvalue weighted by molar-refractivity contribution is 9.10. The van der Waals surface area contributed by atoms with Crippen LogP contribution in [0.25, 0.3) is 0 Å². The molecule has 6 heteroatoms. The Balaban J connectivity index is 1.44. The minimum Gasteiger partial charge on any atom is -0.326 e. The van der Waals surface area contributed by atoms with Gasteiger partial charge in [0.05, 0.1) is 15.7 Å².